The van der Waals surface area contributed by atoms with Crippen LogP contribution in [0.3, 0.4) is 0 Å². The van der Waals surface area contributed by atoms with Crippen molar-refractivity contribution in [2.24, 2.45) is 0 Å². The number of carbonyl (C=O) groups is 2. The zero-order valence-electron chi connectivity index (χ0n) is 11.5. The summed E-state index contributed by atoms with van der Waals surface area (Å²) in [4.78, 5) is 23.4. The fraction of sp³-hybridized carbons (Fsp3) is 0.429. The lowest BCUT2D eigenvalue weighted by molar-refractivity contribution is -0.115. The highest BCUT2D eigenvalue weighted by molar-refractivity contribution is 7.99. The summed E-state index contributed by atoms with van der Waals surface area (Å²) in [6.07, 6.45) is 2.21. The second-order valence-electron chi connectivity index (χ2n) is 4.82. The number of aliphatic hydroxyl groups is 1. The van der Waals surface area contributed by atoms with Crippen molar-refractivity contribution in [2.45, 2.75) is 24.6 Å². The summed E-state index contributed by atoms with van der Waals surface area (Å²) in [5.74, 6) is -0.235. The molecule has 1 aliphatic rings. The van der Waals surface area contributed by atoms with Gasteiger partial charge >= 0.3 is 0 Å². The van der Waals surface area contributed by atoms with Crippen LogP contribution in [0.2, 0.25) is 0 Å². The van der Waals surface area contributed by atoms with E-state index in [4.69, 9.17) is 0 Å². The van der Waals surface area contributed by atoms with Crippen molar-refractivity contribution in [1.29, 1.82) is 0 Å². The first-order valence-corrected chi connectivity index (χ1v) is 7.71. The van der Waals surface area contributed by atoms with E-state index in [-0.39, 0.29) is 29.7 Å². The largest absolute Gasteiger partial charge is 0.395 e. The molecule has 5 nitrogen and oxygen atoms in total. The number of anilines is 1. The number of benzene rings is 1. The third kappa shape index (κ3) is 3.13. The van der Waals surface area contributed by atoms with Gasteiger partial charge in [0.05, 0.1) is 13.0 Å². The highest BCUT2D eigenvalue weighted by atomic mass is 32.2. The molecule has 1 aromatic carbocycles. The molecule has 0 aromatic heterocycles. The normalized spacial score (nSPS) is 16.2. The van der Waals surface area contributed by atoms with Crippen LogP contribution in [0.1, 0.15) is 22.8 Å². The Bertz CT molecular complexity index is 529. The molecule has 0 aliphatic carbocycles. The van der Waals surface area contributed by atoms with Gasteiger partial charge in [0.25, 0.3) is 5.91 Å². The zero-order chi connectivity index (χ0) is 14.7. The average molecular weight is 294 g/mol. The molecule has 1 aromatic rings. The number of aliphatic hydroxyl groups excluding tert-OH is 1. The van der Waals surface area contributed by atoms with Gasteiger partial charge in [0.15, 0.2) is 0 Å². The maximum Gasteiger partial charge on any atom is 0.251 e. The Morgan fingerprint density at radius 3 is 2.95 bits per heavy atom. The van der Waals surface area contributed by atoms with E-state index in [2.05, 4.69) is 10.6 Å². The van der Waals surface area contributed by atoms with Crippen LogP contribution in [0.5, 0.6) is 0 Å². The fourth-order valence-corrected chi connectivity index (χ4v) is 2.82. The van der Waals surface area contributed by atoms with Crippen molar-refractivity contribution >= 4 is 29.3 Å². The van der Waals surface area contributed by atoms with Gasteiger partial charge in [-0.15, -0.1) is 0 Å². The third-order valence-corrected chi connectivity index (χ3v) is 4.55. The van der Waals surface area contributed by atoms with Crippen molar-refractivity contribution in [3.8, 4) is 0 Å². The molecular weight excluding hydrogens is 276 g/mol. The summed E-state index contributed by atoms with van der Waals surface area (Å²) in [7, 11) is 0. The number of thioether (sulfide) groups is 1. The van der Waals surface area contributed by atoms with E-state index >= 15 is 0 Å². The fourth-order valence-electron chi connectivity index (χ4n) is 2.19. The highest BCUT2D eigenvalue weighted by Gasteiger charge is 2.21. The van der Waals surface area contributed by atoms with E-state index in [1.807, 2.05) is 13.2 Å². The predicted molar refractivity (Wildman–Crippen MR) is 80.1 cm³/mol. The standard InChI is InChI=1S/C14H18N2O3S/c1-8(12(7-17)20-2)15-14(19)9-3-4-11-10(5-9)6-13(18)16-11/h3-5,8,12,17H,6-7H2,1-2H3,(H,15,19)(H,16,18). The van der Waals surface area contributed by atoms with Crippen LogP contribution in [0.4, 0.5) is 5.69 Å². The molecule has 6 heteroatoms. The Morgan fingerprint density at radius 2 is 2.30 bits per heavy atom. The topological polar surface area (TPSA) is 78.4 Å². The molecule has 108 valence electrons. The first-order chi connectivity index (χ1) is 9.55. The molecule has 2 atom stereocenters. The molecular formula is C14H18N2O3S. The van der Waals surface area contributed by atoms with Gasteiger partial charge < -0.3 is 15.7 Å². The maximum absolute atomic E-state index is 12.2. The number of fused-ring (bicyclic) bond motifs is 1. The predicted octanol–water partition coefficient (Wildman–Crippen LogP) is 1.02. The Labute approximate surface area is 122 Å². The molecule has 2 amide bonds. The van der Waals surface area contributed by atoms with Crippen molar-refractivity contribution in [3.05, 3.63) is 29.3 Å². The van der Waals surface area contributed by atoms with Gasteiger partial charge in [-0.25, -0.2) is 0 Å². The van der Waals surface area contributed by atoms with Crippen molar-refractivity contribution in [2.75, 3.05) is 18.2 Å². The summed E-state index contributed by atoms with van der Waals surface area (Å²) in [5, 5.41) is 14.8. The average Bonchev–Trinajstić information content (AvgIpc) is 2.78. The van der Waals surface area contributed by atoms with E-state index in [0.29, 0.717) is 12.0 Å². The Hall–Kier alpha value is -1.53. The number of hydrogen-bond donors (Lipinski definition) is 3. The van der Waals surface area contributed by atoms with Crippen LogP contribution in [-0.4, -0.2) is 41.1 Å². The quantitative estimate of drug-likeness (QED) is 0.758. The van der Waals surface area contributed by atoms with Crippen LogP contribution < -0.4 is 10.6 Å². The van der Waals surface area contributed by atoms with Gasteiger partial charge in [-0.1, -0.05) is 0 Å². The number of amides is 2. The summed E-state index contributed by atoms with van der Waals surface area (Å²) < 4.78 is 0. The molecule has 3 N–H and O–H groups in total. The second-order valence-corrected chi connectivity index (χ2v) is 5.89. The minimum absolute atomic E-state index is 0.0191. The van der Waals surface area contributed by atoms with Gasteiger partial charge in [-0.05, 0) is 36.9 Å². The lowest BCUT2D eigenvalue weighted by Gasteiger charge is -2.21. The van der Waals surface area contributed by atoms with E-state index in [1.165, 1.54) is 11.8 Å². The lowest BCUT2D eigenvalue weighted by Crippen LogP contribution is -2.41. The van der Waals surface area contributed by atoms with Crippen LogP contribution in [-0.2, 0) is 11.2 Å². The molecule has 0 saturated carbocycles. The number of hydrogen-bond acceptors (Lipinski definition) is 4. The molecule has 2 unspecified atom stereocenters. The van der Waals surface area contributed by atoms with Gasteiger partial charge in [0.1, 0.15) is 0 Å². The number of rotatable bonds is 5. The third-order valence-electron chi connectivity index (χ3n) is 3.39. The second kappa shape index (κ2) is 6.28. The molecule has 1 heterocycles. The molecule has 1 aliphatic heterocycles. The van der Waals surface area contributed by atoms with Crippen LogP contribution >= 0.6 is 11.8 Å². The monoisotopic (exact) mass is 294 g/mol. The summed E-state index contributed by atoms with van der Waals surface area (Å²) in [6, 6.07) is 5.05. The molecule has 20 heavy (non-hydrogen) atoms. The summed E-state index contributed by atoms with van der Waals surface area (Å²) >= 11 is 1.52. The summed E-state index contributed by atoms with van der Waals surface area (Å²) in [5.41, 5.74) is 2.15. The minimum Gasteiger partial charge on any atom is -0.395 e. The van der Waals surface area contributed by atoms with Crippen molar-refractivity contribution < 1.29 is 14.7 Å². The Morgan fingerprint density at radius 1 is 1.55 bits per heavy atom. The van der Waals surface area contributed by atoms with Gasteiger partial charge in [0, 0.05) is 22.5 Å². The van der Waals surface area contributed by atoms with Crippen LogP contribution in [0.15, 0.2) is 18.2 Å². The molecule has 2 rings (SSSR count). The van der Waals surface area contributed by atoms with E-state index in [1.54, 1.807) is 18.2 Å². The van der Waals surface area contributed by atoms with E-state index in [9.17, 15) is 14.7 Å². The van der Waals surface area contributed by atoms with Crippen molar-refractivity contribution in [1.82, 2.24) is 5.32 Å². The lowest BCUT2D eigenvalue weighted by atomic mass is 10.1. The van der Waals surface area contributed by atoms with Crippen molar-refractivity contribution in [3.63, 3.8) is 0 Å². The Balaban J connectivity index is 2.07. The van der Waals surface area contributed by atoms with Gasteiger partial charge in [-0.3, -0.25) is 9.59 Å². The molecule has 0 bridgehead atoms. The highest BCUT2D eigenvalue weighted by Crippen LogP contribution is 2.24. The van der Waals surface area contributed by atoms with E-state index in [0.717, 1.165) is 11.3 Å². The van der Waals surface area contributed by atoms with E-state index < -0.39 is 0 Å². The number of nitrogens with one attached hydrogen (secondary N) is 2. The van der Waals surface area contributed by atoms with Gasteiger partial charge in [0.2, 0.25) is 5.91 Å². The summed E-state index contributed by atoms with van der Waals surface area (Å²) in [6.45, 7) is 1.89. The minimum atomic E-state index is -0.188. The first kappa shape index (κ1) is 14.9. The molecule has 0 radical (unpaired) electrons. The maximum atomic E-state index is 12.2. The van der Waals surface area contributed by atoms with Crippen LogP contribution in [0.25, 0.3) is 0 Å². The first-order valence-electron chi connectivity index (χ1n) is 6.42. The van der Waals surface area contributed by atoms with Crippen LogP contribution in [0, 0.1) is 0 Å². The van der Waals surface area contributed by atoms with Gasteiger partial charge in [-0.2, -0.15) is 11.8 Å². The SMILES string of the molecule is CSC(CO)C(C)NC(=O)c1ccc2c(c1)CC(=O)N2. The molecule has 0 saturated heterocycles. The zero-order valence-corrected chi connectivity index (χ0v) is 12.3. The molecule has 0 spiro atoms. The Kier molecular flexibility index (Phi) is 4.67. The number of carbonyl (C=O) groups excluding carboxylic acids is 2. The molecule has 0 fully saturated rings. The smallest absolute Gasteiger partial charge is 0.251 e.